The molecule has 4 nitrogen and oxygen atoms in total. The van der Waals surface area contributed by atoms with Crippen molar-refractivity contribution >= 4 is 27.5 Å². The van der Waals surface area contributed by atoms with E-state index in [9.17, 15) is 4.79 Å². The normalized spacial score (nSPS) is 17.1. The third-order valence-corrected chi connectivity index (χ3v) is 2.96. The Balaban J connectivity index is 2.22. The summed E-state index contributed by atoms with van der Waals surface area (Å²) in [4.78, 5) is 17.5. The van der Waals surface area contributed by atoms with Gasteiger partial charge in [-0.15, -0.1) is 0 Å². The van der Waals surface area contributed by atoms with Crippen molar-refractivity contribution in [1.29, 1.82) is 0 Å². The van der Waals surface area contributed by atoms with Crippen LogP contribution in [0.4, 0.5) is 5.69 Å². The monoisotopic (exact) mass is 269 g/mol. The Morgan fingerprint density at radius 1 is 1.53 bits per heavy atom. The number of carbonyl (C=O) groups is 1. The number of anilines is 1. The highest BCUT2D eigenvalue weighted by Crippen LogP contribution is 2.24. The maximum absolute atomic E-state index is 11.4. The first-order chi connectivity index (χ1) is 7.27. The van der Waals surface area contributed by atoms with Crippen LogP contribution in [-0.2, 0) is 4.79 Å². The average molecular weight is 270 g/mol. The van der Waals surface area contributed by atoms with Gasteiger partial charge in [0.1, 0.15) is 0 Å². The van der Waals surface area contributed by atoms with Crippen LogP contribution in [0.25, 0.3) is 0 Å². The fourth-order valence-corrected chi connectivity index (χ4v) is 2.14. The third-order valence-electron chi connectivity index (χ3n) is 2.35. The van der Waals surface area contributed by atoms with E-state index in [0.717, 1.165) is 29.7 Å². The second-order valence-corrected chi connectivity index (χ2v) is 4.31. The molecule has 1 aliphatic heterocycles. The Hall–Kier alpha value is -1.10. The van der Waals surface area contributed by atoms with Gasteiger partial charge in [-0.1, -0.05) is 0 Å². The van der Waals surface area contributed by atoms with Gasteiger partial charge in [-0.25, -0.2) is 0 Å². The number of aromatic nitrogens is 1. The van der Waals surface area contributed by atoms with Gasteiger partial charge in [0.15, 0.2) is 0 Å². The van der Waals surface area contributed by atoms with Crippen LogP contribution in [0.2, 0.25) is 0 Å². The molecule has 1 saturated heterocycles. The number of hydrogen-bond donors (Lipinski definition) is 1. The third kappa shape index (κ3) is 2.47. The summed E-state index contributed by atoms with van der Waals surface area (Å²) in [5, 5.41) is 2.85. The fraction of sp³-hybridized carbons (Fsp3) is 0.400. The molecule has 0 radical (unpaired) electrons. The first kappa shape index (κ1) is 10.4. The van der Waals surface area contributed by atoms with Gasteiger partial charge in [-0.05, 0) is 28.4 Å². The van der Waals surface area contributed by atoms with Gasteiger partial charge >= 0.3 is 0 Å². The molecule has 2 heterocycles. The predicted molar refractivity (Wildman–Crippen MR) is 61.8 cm³/mol. The van der Waals surface area contributed by atoms with Gasteiger partial charge < -0.3 is 10.2 Å². The van der Waals surface area contributed by atoms with Gasteiger partial charge in [0.05, 0.1) is 16.7 Å². The van der Waals surface area contributed by atoms with E-state index in [1.165, 1.54) is 0 Å². The van der Waals surface area contributed by atoms with Gasteiger partial charge in [0.2, 0.25) is 5.91 Å². The van der Waals surface area contributed by atoms with E-state index in [-0.39, 0.29) is 5.91 Å². The van der Waals surface area contributed by atoms with Crippen molar-refractivity contribution in [3.63, 3.8) is 0 Å². The van der Waals surface area contributed by atoms with E-state index in [1.807, 2.05) is 6.07 Å². The summed E-state index contributed by atoms with van der Waals surface area (Å²) in [7, 11) is 0. The Kier molecular flexibility index (Phi) is 3.20. The van der Waals surface area contributed by atoms with E-state index >= 15 is 0 Å². The van der Waals surface area contributed by atoms with Crippen molar-refractivity contribution in [1.82, 2.24) is 10.3 Å². The standard InChI is InChI=1S/C10H12BrN3O/c11-8-6-12-4-2-9(8)14-5-1-3-13-10(15)7-14/h2,4,6H,1,3,5,7H2,(H,13,15). The van der Waals surface area contributed by atoms with Crippen LogP contribution in [0.3, 0.4) is 0 Å². The number of rotatable bonds is 1. The lowest BCUT2D eigenvalue weighted by Gasteiger charge is -2.22. The molecule has 1 aromatic rings. The maximum Gasteiger partial charge on any atom is 0.239 e. The topological polar surface area (TPSA) is 45.2 Å². The van der Waals surface area contributed by atoms with Crippen LogP contribution in [0.1, 0.15) is 6.42 Å². The lowest BCUT2D eigenvalue weighted by Crippen LogP contribution is -2.33. The van der Waals surface area contributed by atoms with E-state index in [2.05, 4.69) is 31.1 Å². The molecule has 0 unspecified atom stereocenters. The molecule has 1 aromatic heterocycles. The second kappa shape index (κ2) is 4.61. The number of nitrogens with one attached hydrogen (secondary N) is 1. The zero-order valence-electron chi connectivity index (χ0n) is 8.24. The van der Waals surface area contributed by atoms with E-state index in [0.29, 0.717) is 6.54 Å². The predicted octanol–water partition coefficient (Wildman–Crippen LogP) is 1.17. The molecule has 1 aliphatic rings. The summed E-state index contributed by atoms with van der Waals surface area (Å²) < 4.78 is 0.930. The minimum Gasteiger partial charge on any atom is -0.361 e. The van der Waals surface area contributed by atoms with Crippen molar-refractivity contribution in [2.24, 2.45) is 0 Å². The molecule has 5 heteroatoms. The molecule has 1 fully saturated rings. The molecule has 0 saturated carbocycles. The molecule has 0 atom stereocenters. The minimum atomic E-state index is 0.0798. The summed E-state index contributed by atoms with van der Waals surface area (Å²) in [6, 6.07) is 1.92. The number of hydrogen-bond acceptors (Lipinski definition) is 3. The van der Waals surface area contributed by atoms with Gasteiger partial charge in [-0.3, -0.25) is 9.78 Å². The van der Waals surface area contributed by atoms with Crippen LogP contribution in [0, 0.1) is 0 Å². The highest BCUT2D eigenvalue weighted by atomic mass is 79.9. The number of nitrogens with zero attached hydrogens (tertiary/aromatic N) is 2. The summed E-state index contributed by atoms with van der Waals surface area (Å²) in [6.45, 7) is 2.07. The van der Waals surface area contributed by atoms with Crippen LogP contribution in [0.5, 0.6) is 0 Å². The highest BCUT2D eigenvalue weighted by molar-refractivity contribution is 9.10. The number of amides is 1. The second-order valence-electron chi connectivity index (χ2n) is 3.45. The number of halogens is 1. The van der Waals surface area contributed by atoms with Gasteiger partial charge in [0, 0.05) is 25.5 Å². The SMILES string of the molecule is O=C1CN(c2ccncc2Br)CCCN1. The summed E-state index contributed by atoms with van der Waals surface area (Å²) >= 11 is 3.44. The van der Waals surface area contributed by atoms with Crippen molar-refractivity contribution in [3.05, 3.63) is 22.9 Å². The van der Waals surface area contributed by atoms with Crippen molar-refractivity contribution in [2.75, 3.05) is 24.5 Å². The summed E-state index contributed by atoms with van der Waals surface area (Å²) in [5.41, 5.74) is 1.03. The Morgan fingerprint density at radius 3 is 3.20 bits per heavy atom. The molecule has 2 rings (SSSR count). The zero-order chi connectivity index (χ0) is 10.7. The van der Waals surface area contributed by atoms with Crippen molar-refractivity contribution in [3.8, 4) is 0 Å². The maximum atomic E-state index is 11.4. The number of pyridine rings is 1. The Morgan fingerprint density at radius 2 is 2.40 bits per heavy atom. The number of carbonyl (C=O) groups excluding carboxylic acids is 1. The summed E-state index contributed by atoms with van der Waals surface area (Å²) in [5.74, 6) is 0.0798. The molecular formula is C10H12BrN3O. The van der Waals surface area contributed by atoms with Crippen LogP contribution in [-0.4, -0.2) is 30.5 Å². The molecule has 0 spiro atoms. The van der Waals surface area contributed by atoms with Crippen LogP contribution in [0.15, 0.2) is 22.9 Å². The molecule has 1 amide bonds. The molecule has 15 heavy (non-hydrogen) atoms. The average Bonchev–Trinajstić information content (AvgIpc) is 2.43. The molecule has 80 valence electrons. The first-order valence-electron chi connectivity index (χ1n) is 4.88. The lowest BCUT2D eigenvalue weighted by atomic mass is 10.3. The van der Waals surface area contributed by atoms with Crippen molar-refractivity contribution < 1.29 is 4.79 Å². The van der Waals surface area contributed by atoms with Gasteiger partial charge in [-0.2, -0.15) is 0 Å². The molecule has 0 bridgehead atoms. The molecular weight excluding hydrogens is 258 g/mol. The van der Waals surface area contributed by atoms with E-state index < -0.39 is 0 Å². The molecule has 1 N–H and O–H groups in total. The van der Waals surface area contributed by atoms with Crippen molar-refractivity contribution in [2.45, 2.75) is 6.42 Å². The van der Waals surface area contributed by atoms with Crippen LogP contribution >= 0.6 is 15.9 Å². The Bertz CT molecular complexity index is 369. The molecule has 0 aliphatic carbocycles. The van der Waals surface area contributed by atoms with E-state index in [4.69, 9.17) is 0 Å². The first-order valence-corrected chi connectivity index (χ1v) is 5.68. The smallest absolute Gasteiger partial charge is 0.239 e. The Labute approximate surface area is 96.8 Å². The highest BCUT2D eigenvalue weighted by Gasteiger charge is 2.16. The largest absolute Gasteiger partial charge is 0.361 e. The minimum absolute atomic E-state index is 0.0798. The molecule has 0 aromatic carbocycles. The van der Waals surface area contributed by atoms with Gasteiger partial charge in [0.25, 0.3) is 0 Å². The quantitative estimate of drug-likeness (QED) is 0.833. The van der Waals surface area contributed by atoms with E-state index in [1.54, 1.807) is 12.4 Å². The van der Waals surface area contributed by atoms with Crippen LogP contribution < -0.4 is 10.2 Å². The fourth-order valence-electron chi connectivity index (χ4n) is 1.64. The zero-order valence-corrected chi connectivity index (χ0v) is 9.83. The summed E-state index contributed by atoms with van der Waals surface area (Å²) in [6.07, 6.45) is 4.46. The lowest BCUT2D eigenvalue weighted by molar-refractivity contribution is -0.119.